The van der Waals surface area contributed by atoms with Crippen molar-refractivity contribution in [2.24, 2.45) is 11.8 Å². The normalized spacial score (nSPS) is 38.8. The average Bonchev–Trinajstić information content (AvgIpc) is 2.53. The Morgan fingerprint density at radius 1 is 1.00 bits per heavy atom. The fourth-order valence-electron chi connectivity index (χ4n) is 2.78. The lowest BCUT2D eigenvalue weighted by Crippen LogP contribution is -2.26. The first-order valence-electron chi connectivity index (χ1n) is 5.49. The van der Waals surface area contributed by atoms with Crippen LogP contribution in [0, 0.1) is 11.8 Å². The van der Waals surface area contributed by atoms with Gasteiger partial charge in [0.25, 0.3) is 0 Å². The molecule has 2 atom stereocenters. The van der Waals surface area contributed by atoms with Gasteiger partial charge in [0.2, 0.25) is 0 Å². The summed E-state index contributed by atoms with van der Waals surface area (Å²) in [7, 11) is 0. The molecule has 0 amide bonds. The van der Waals surface area contributed by atoms with E-state index in [0.717, 1.165) is 18.4 Å². The van der Waals surface area contributed by atoms with Crippen LogP contribution in [0.2, 0.25) is 0 Å². The fourth-order valence-corrected chi connectivity index (χ4v) is 2.78. The van der Waals surface area contributed by atoms with Crippen LogP contribution in [-0.4, -0.2) is 12.7 Å². The largest absolute Gasteiger partial charge is 0.378 e. The van der Waals surface area contributed by atoms with E-state index in [2.05, 4.69) is 6.92 Å². The molecule has 12 heavy (non-hydrogen) atoms. The molecule has 2 rings (SSSR count). The minimum Gasteiger partial charge on any atom is -0.378 e. The number of rotatable bonds is 1. The number of hydrogen-bond donors (Lipinski definition) is 0. The highest BCUT2D eigenvalue weighted by Crippen LogP contribution is 2.35. The molecule has 1 aliphatic carbocycles. The van der Waals surface area contributed by atoms with E-state index in [1.807, 2.05) is 0 Å². The zero-order valence-electron chi connectivity index (χ0n) is 8.09. The Balaban J connectivity index is 1.89. The summed E-state index contributed by atoms with van der Waals surface area (Å²) in [6.07, 6.45) is 9.10. The molecule has 0 spiro atoms. The third-order valence-electron chi connectivity index (χ3n) is 3.56. The van der Waals surface area contributed by atoms with Gasteiger partial charge in [-0.25, -0.2) is 0 Å². The predicted octanol–water partition coefficient (Wildman–Crippen LogP) is 2.99. The average molecular weight is 168 g/mol. The summed E-state index contributed by atoms with van der Waals surface area (Å²) in [4.78, 5) is 0. The summed E-state index contributed by atoms with van der Waals surface area (Å²) in [5.41, 5.74) is 0. The van der Waals surface area contributed by atoms with E-state index in [-0.39, 0.29) is 0 Å². The van der Waals surface area contributed by atoms with Gasteiger partial charge in [0, 0.05) is 6.61 Å². The molecule has 0 aromatic heterocycles. The standard InChI is InChI=1S/C11H20O/c1-9-7-8-12-11(9)10-5-3-2-4-6-10/h9-11H,2-8H2,1H3/t9-,11+/m1/s1. The molecule has 1 heteroatoms. The molecule has 0 bridgehead atoms. The highest BCUT2D eigenvalue weighted by atomic mass is 16.5. The molecule has 0 unspecified atom stereocenters. The van der Waals surface area contributed by atoms with Gasteiger partial charge in [0.1, 0.15) is 0 Å². The molecule has 0 radical (unpaired) electrons. The predicted molar refractivity (Wildman–Crippen MR) is 50.1 cm³/mol. The molecule has 1 aliphatic heterocycles. The third kappa shape index (κ3) is 1.66. The molecule has 2 aliphatic rings. The van der Waals surface area contributed by atoms with Gasteiger partial charge in [-0.15, -0.1) is 0 Å². The lowest BCUT2D eigenvalue weighted by molar-refractivity contribution is 0.0302. The molecule has 0 aromatic carbocycles. The number of ether oxygens (including phenoxy) is 1. The van der Waals surface area contributed by atoms with Crippen molar-refractivity contribution in [3.05, 3.63) is 0 Å². The van der Waals surface area contributed by atoms with Crippen molar-refractivity contribution in [3.63, 3.8) is 0 Å². The Morgan fingerprint density at radius 2 is 1.75 bits per heavy atom. The van der Waals surface area contributed by atoms with Crippen molar-refractivity contribution in [3.8, 4) is 0 Å². The summed E-state index contributed by atoms with van der Waals surface area (Å²) >= 11 is 0. The molecular weight excluding hydrogens is 148 g/mol. The van der Waals surface area contributed by atoms with Crippen molar-refractivity contribution in [2.45, 2.75) is 51.6 Å². The van der Waals surface area contributed by atoms with Crippen LogP contribution in [0.5, 0.6) is 0 Å². The Kier molecular flexibility index (Phi) is 2.69. The quantitative estimate of drug-likeness (QED) is 0.585. The Hall–Kier alpha value is -0.0400. The van der Waals surface area contributed by atoms with E-state index in [1.54, 1.807) is 0 Å². The maximum Gasteiger partial charge on any atom is 0.0629 e. The summed E-state index contributed by atoms with van der Waals surface area (Å²) < 4.78 is 5.80. The van der Waals surface area contributed by atoms with Crippen LogP contribution in [0.15, 0.2) is 0 Å². The van der Waals surface area contributed by atoms with Crippen LogP contribution >= 0.6 is 0 Å². The van der Waals surface area contributed by atoms with Gasteiger partial charge in [-0.3, -0.25) is 0 Å². The van der Waals surface area contributed by atoms with E-state index >= 15 is 0 Å². The zero-order chi connectivity index (χ0) is 8.39. The molecule has 70 valence electrons. The molecule has 0 aromatic rings. The molecule has 2 fully saturated rings. The Labute approximate surface area is 75.5 Å². The van der Waals surface area contributed by atoms with Crippen molar-refractivity contribution in [1.82, 2.24) is 0 Å². The third-order valence-corrected chi connectivity index (χ3v) is 3.56. The van der Waals surface area contributed by atoms with Crippen LogP contribution in [0.1, 0.15) is 45.4 Å². The number of hydrogen-bond acceptors (Lipinski definition) is 1. The molecule has 1 saturated carbocycles. The van der Waals surface area contributed by atoms with Crippen LogP contribution in [0.25, 0.3) is 0 Å². The summed E-state index contributed by atoms with van der Waals surface area (Å²) in [6.45, 7) is 3.37. The van der Waals surface area contributed by atoms with Crippen LogP contribution in [0.3, 0.4) is 0 Å². The van der Waals surface area contributed by atoms with E-state index in [0.29, 0.717) is 6.10 Å². The van der Waals surface area contributed by atoms with Crippen LogP contribution in [-0.2, 0) is 4.74 Å². The van der Waals surface area contributed by atoms with Gasteiger partial charge in [0.05, 0.1) is 6.10 Å². The van der Waals surface area contributed by atoms with Gasteiger partial charge < -0.3 is 4.74 Å². The first kappa shape index (κ1) is 8.55. The lowest BCUT2D eigenvalue weighted by Gasteiger charge is -2.29. The minimum absolute atomic E-state index is 0.616. The maximum atomic E-state index is 5.80. The van der Waals surface area contributed by atoms with Crippen molar-refractivity contribution in [2.75, 3.05) is 6.61 Å². The first-order valence-corrected chi connectivity index (χ1v) is 5.49. The zero-order valence-corrected chi connectivity index (χ0v) is 8.09. The second kappa shape index (κ2) is 3.78. The summed E-state index contributed by atoms with van der Waals surface area (Å²) in [5, 5.41) is 0. The summed E-state index contributed by atoms with van der Waals surface area (Å²) in [6, 6.07) is 0. The topological polar surface area (TPSA) is 9.23 Å². The van der Waals surface area contributed by atoms with Crippen LogP contribution < -0.4 is 0 Å². The second-order valence-corrected chi connectivity index (χ2v) is 4.50. The molecule has 0 N–H and O–H groups in total. The van der Waals surface area contributed by atoms with Gasteiger partial charge in [0.15, 0.2) is 0 Å². The van der Waals surface area contributed by atoms with E-state index in [1.165, 1.54) is 38.5 Å². The smallest absolute Gasteiger partial charge is 0.0629 e. The fraction of sp³-hybridized carbons (Fsp3) is 1.00. The van der Waals surface area contributed by atoms with Crippen LogP contribution in [0.4, 0.5) is 0 Å². The summed E-state index contributed by atoms with van der Waals surface area (Å²) in [5.74, 6) is 1.73. The Morgan fingerprint density at radius 3 is 2.33 bits per heavy atom. The minimum atomic E-state index is 0.616. The Bertz CT molecular complexity index is 138. The van der Waals surface area contributed by atoms with Gasteiger partial charge in [-0.1, -0.05) is 26.2 Å². The van der Waals surface area contributed by atoms with Crippen molar-refractivity contribution >= 4 is 0 Å². The molecule has 1 nitrogen and oxygen atoms in total. The molecule has 1 heterocycles. The van der Waals surface area contributed by atoms with E-state index in [4.69, 9.17) is 4.74 Å². The van der Waals surface area contributed by atoms with Gasteiger partial charge in [-0.2, -0.15) is 0 Å². The second-order valence-electron chi connectivity index (χ2n) is 4.50. The maximum absolute atomic E-state index is 5.80. The van der Waals surface area contributed by atoms with Crippen molar-refractivity contribution < 1.29 is 4.74 Å². The highest BCUT2D eigenvalue weighted by molar-refractivity contribution is 4.81. The van der Waals surface area contributed by atoms with E-state index < -0.39 is 0 Å². The monoisotopic (exact) mass is 168 g/mol. The highest BCUT2D eigenvalue weighted by Gasteiger charge is 2.32. The van der Waals surface area contributed by atoms with Crippen molar-refractivity contribution in [1.29, 1.82) is 0 Å². The SMILES string of the molecule is C[C@@H]1CCO[C@@H]1C1CCCCC1. The molecular formula is C11H20O. The van der Waals surface area contributed by atoms with Gasteiger partial charge >= 0.3 is 0 Å². The van der Waals surface area contributed by atoms with E-state index in [9.17, 15) is 0 Å². The first-order chi connectivity index (χ1) is 5.88. The molecule has 1 saturated heterocycles. The lowest BCUT2D eigenvalue weighted by atomic mass is 9.81. The van der Waals surface area contributed by atoms with Gasteiger partial charge in [-0.05, 0) is 31.1 Å².